The van der Waals surface area contributed by atoms with E-state index in [0.717, 1.165) is 24.2 Å². The number of halogens is 1. The van der Waals surface area contributed by atoms with Gasteiger partial charge in [0.25, 0.3) is 0 Å². The van der Waals surface area contributed by atoms with Crippen LogP contribution in [0.15, 0.2) is 18.2 Å². The summed E-state index contributed by atoms with van der Waals surface area (Å²) in [6, 6.07) is 5.66. The molecule has 0 amide bonds. The number of hydrogen-bond donors (Lipinski definition) is 1. The second kappa shape index (κ2) is 6.74. The Morgan fingerprint density at radius 3 is 2.44 bits per heavy atom. The van der Waals surface area contributed by atoms with Crippen molar-refractivity contribution in [2.75, 3.05) is 11.4 Å². The Balaban J connectivity index is 3.13. The maximum absolute atomic E-state index is 14.0. The predicted octanol–water partition coefficient (Wildman–Crippen LogP) is 3.34. The van der Waals surface area contributed by atoms with Crippen molar-refractivity contribution in [1.82, 2.24) is 0 Å². The molecular weight excluding hydrogens is 227 g/mol. The standard InChI is InChI=1S/C15H25FN2/c1-5-12(17)10-13-14(16)8-7-9-15(13)18(6-2)11(3)4/h7-9,11-12H,5-6,10,17H2,1-4H3. The Hall–Kier alpha value is -1.09. The van der Waals surface area contributed by atoms with Crippen LogP contribution in [-0.2, 0) is 6.42 Å². The lowest BCUT2D eigenvalue weighted by Gasteiger charge is -2.30. The van der Waals surface area contributed by atoms with E-state index in [0.29, 0.717) is 12.5 Å². The normalized spacial score (nSPS) is 12.8. The fraction of sp³-hybridized carbons (Fsp3) is 0.600. The van der Waals surface area contributed by atoms with Gasteiger partial charge in [-0.25, -0.2) is 4.39 Å². The number of hydrogen-bond acceptors (Lipinski definition) is 2. The van der Waals surface area contributed by atoms with Gasteiger partial charge in [0.15, 0.2) is 0 Å². The van der Waals surface area contributed by atoms with Crippen molar-refractivity contribution in [3.63, 3.8) is 0 Å². The van der Waals surface area contributed by atoms with E-state index in [1.807, 2.05) is 13.0 Å². The van der Waals surface area contributed by atoms with Crippen LogP contribution in [0.5, 0.6) is 0 Å². The molecule has 1 aromatic carbocycles. The monoisotopic (exact) mass is 252 g/mol. The van der Waals surface area contributed by atoms with E-state index in [1.54, 1.807) is 6.07 Å². The van der Waals surface area contributed by atoms with Gasteiger partial charge in [0.2, 0.25) is 0 Å². The third-order valence-corrected chi connectivity index (χ3v) is 3.36. The molecule has 1 unspecified atom stereocenters. The first-order chi connectivity index (χ1) is 8.51. The van der Waals surface area contributed by atoms with Crippen molar-refractivity contribution < 1.29 is 4.39 Å². The third-order valence-electron chi connectivity index (χ3n) is 3.36. The molecule has 0 heterocycles. The summed E-state index contributed by atoms with van der Waals surface area (Å²) < 4.78 is 14.0. The lowest BCUT2D eigenvalue weighted by atomic mass is 10.0. The second-order valence-electron chi connectivity index (χ2n) is 4.99. The van der Waals surface area contributed by atoms with Gasteiger partial charge < -0.3 is 10.6 Å². The molecule has 0 fully saturated rings. The van der Waals surface area contributed by atoms with E-state index < -0.39 is 0 Å². The van der Waals surface area contributed by atoms with E-state index in [2.05, 4.69) is 25.7 Å². The quantitative estimate of drug-likeness (QED) is 0.841. The molecule has 18 heavy (non-hydrogen) atoms. The van der Waals surface area contributed by atoms with E-state index >= 15 is 0 Å². The van der Waals surface area contributed by atoms with Gasteiger partial charge in [0, 0.05) is 29.9 Å². The molecule has 2 N–H and O–H groups in total. The highest BCUT2D eigenvalue weighted by atomic mass is 19.1. The minimum atomic E-state index is -0.143. The highest BCUT2D eigenvalue weighted by molar-refractivity contribution is 5.55. The van der Waals surface area contributed by atoms with Crippen LogP contribution in [0.2, 0.25) is 0 Å². The first-order valence-electron chi connectivity index (χ1n) is 6.80. The van der Waals surface area contributed by atoms with Crippen molar-refractivity contribution in [3.05, 3.63) is 29.6 Å². The summed E-state index contributed by atoms with van der Waals surface area (Å²) in [5, 5.41) is 0. The number of nitrogens with zero attached hydrogens (tertiary/aromatic N) is 1. The summed E-state index contributed by atoms with van der Waals surface area (Å²) in [6.45, 7) is 9.24. The van der Waals surface area contributed by atoms with Crippen LogP contribution in [0.3, 0.4) is 0 Å². The summed E-state index contributed by atoms with van der Waals surface area (Å²) in [4.78, 5) is 2.21. The zero-order valence-corrected chi connectivity index (χ0v) is 11.9. The fourth-order valence-electron chi connectivity index (χ4n) is 2.24. The molecule has 0 aliphatic carbocycles. The Labute approximate surface area is 110 Å². The molecule has 0 saturated heterocycles. The lowest BCUT2D eigenvalue weighted by Crippen LogP contribution is -2.32. The third kappa shape index (κ3) is 3.45. The summed E-state index contributed by atoms with van der Waals surface area (Å²) >= 11 is 0. The van der Waals surface area contributed by atoms with Crippen LogP contribution in [0, 0.1) is 5.82 Å². The molecule has 1 aromatic rings. The Kier molecular flexibility index (Phi) is 5.60. The van der Waals surface area contributed by atoms with Crippen molar-refractivity contribution in [1.29, 1.82) is 0 Å². The van der Waals surface area contributed by atoms with Crippen LogP contribution < -0.4 is 10.6 Å². The summed E-state index contributed by atoms with van der Waals surface area (Å²) in [5.74, 6) is -0.143. The Morgan fingerprint density at radius 2 is 1.94 bits per heavy atom. The first-order valence-corrected chi connectivity index (χ1v) is 6.80. The molecular formula is C15H25FN2. The molecule has 0 spiro atoms. The largest absolute Gasteiger partial charge is 0.369 e. The van der Waals surface area contributed by atoms with Crippen molar-refractivity contribution in [3.8, 4) is 0 Å². The smallest absolute Gasteiger partial charge is 0.128 e. The zero-order valence-electron chi connectivity index (χ0n) is 11.9. The van der Waals surface area contributed by atoms with Gasteiger partial charge in [-0.3, -0.25) is 0 Å². The van der Waals surface area contributed by atoms with E-state index in [9.17, 15) is 4.39 Å². The highest BCUT2D eigenvalue weighted by Gasteiger charge is 2.17. The molecule has 0 bridgehead atoms. The van der Waals surface area contributed by atoms with Crippen LogP contribution in [0.1, 0.15) is 39.7 Å². The number of rotatable bonds is 6. The van der Waals surface area contributed by atoms with E-state index in [-0.39, 0.29) is 11.9 Å². The van der Waals surface area contributed by atoms with Crippen LogP contribution in [-0.4, -0.2) is 18.6 Å². The molecule has 0 aromatic heterocycles. The van der Waals surface area contributed by atoms with Gasteiger partial charge in [0.05, 0.1) is 0 Å². The van der Waals surface area contributed by atoms with Crippen molar-refractivity contribution >= 4 is 5.69 Å². The summed E-state index contributed by atoms with van der Waals surface area (Å²) in [5.41, 5.74) is 7.71. The van der Waals surface area contributed by atoms with Crippen LogP contribution in [0.25, 0.3) is 0 Å². The first kappa shape index (κ1) is 15.0. The average Bonchev–Trinajstić information content (AvgIpc) is 2.33. The number of anilines is 1. The van der Waals surface area contributed by atoms with Crippen molar-refractivity contribution in [2.45, 2.75) is 52.6 Å². The maximum Gasteiger partial charge on any atom is 0.128 e. The average molecular weight is 252 g/mol. The summed E-state index contributed by atoms with van der Waals surface area (Å²) in [7, 11) is 0. The van der Waals surface area contributed by atoms with Crippen LogP contribution >= 0.6 is 0 Å². The maximum atomic E-state index is 14.0. The minimum Gasteiger partial charge on any atom is -0.369 e. The van der Waals surface area contributed by atoms with Gasteiger partial charge in [-0.2, -0.15) is 0 Å². The molecule has 3 heteroatoms. The van der Waals surface area contributed by atoms with Gasteiger partial charge in [-0.15, -0.1) is 0 Å². The zero-order chi connectivity index (χ0) is 13.7. The van der Waals surface area contributed by atoms with E-state index in [4.69, 9.17) is 5.73 Å². The van der Waals surface area contributed by atoms with Crippen LogP contribution in [0.4, 0.5) is 10.1 Å². The number of benzene rings is 1. The molecule has 0 radical (unpaired) electrons. The van der Waals surface area contributed by atoms with Gasteiger partial charge in [-0.05, 0) is 45.7 Å². The predicted molar refractivity (Wildman–Crippen MR) is 76.5 cm³/mol. The second-order valence-corrected chi connectivity index (χ2v) is 4.99. The fourth-order valence-corrected chi connectivity index (χ4v) is 2.24. The minimum absolute atomic E-state index is 0.0199. The molecule has 0 aliphatic rings. The molecule has 0 saturated carbocycles. The highest BCUT2D eigenvalue weighted by Crippen LogP contribution is 2.26. The number of nitrogens with two attached hydrogens (primary N) is 1. The van der Waals surface area contributed by atoms with E-state index in [1.165, 1.54) is 6.07 Å². The SMILES string of the molecule is CCC(N)Cc1c(F)cccc1N(CC)C(C)C. The molecule has 1 atom stereocenters. The Morgan fingerprint density at radius 1 is 1.28 bits per heavy atom. The van der Waals surface area contributed by atoms with Gasteiger partial charge in [0.1, 0.15) is 5.82 Å². The van der Waals surface area contributed by atoms with Crippen molar-refractivity contribution in [2.24, 2.45) is 5.73 Å². The van der Waals surface area contributed by atoms with Gasteiger partial charge >= 0.3 is 0 Å². The molecule has 0 aliphatic heterocycles. The lowest BCUT2D eigenvalue weighted by molar-refractivity contribution is 0.574. The molecule has 2 nitrogen and oxygen atoms in total. The summed E-state index contributed by atoms with van der Waals surface area (Å²) in [6.07, 6.45) is 1.46. The topological polar surface area (TPSA) is 29.3 Å². The van der Waals surface area contributed by atoms with Gasteiger partial charge in [-0.1, -0.05) is 13.0 Å². The molecule has 1 rings (SSSR count). The Bertz CT molecular complexity index is 377. The molecule has 102 valence electrons.